The maximum Gasteiger partial charge on any atom is 0.393 e. The molecule has 0 fully saturated rings. The molecule has 8 heteroatoms. The van der Waals surface area contributed by atoms with Crippen molar-refractivity contribution >= 4 is 17.5 Å². The SMILES string of the molecule is CC(O)CCNC(=O)C(=O)Nc1cccc(CC(F)(F)F)c1. The molecule has 1 unspecified atom stereocenters. The van der Waals surface area contributed by atoms with Gasteiger partial charge in [0.2, 0.25) is 0 Å². The van der Waals surface area contributed by atoms with Crippen molar-refractivity contribution in [1.29, 1.82) is 0 Å². The lowest BCUT2D eigenvalue weighted by atomic mass is 10.1. The molecule has 1 aromatic carbocycles. The molecule has 122 valence electrons. The second-order valence-corrected chi connectivity index (χ2v) is 4.84. The minimum Gasteiger partial charge on any atom is -0.393 e. The molecule has 0 aliphatic carbocycles. The van der Waals surface area contributed by atoms with Crippen LogP contribution in [0.3, 0.4) is 0 Å². The number of hydrogen-bond acceptors (Lipinski definition) is 3. The Morgan fingerprint density at radius 1 is 1.27 bits per heavy atom. The molecular formula is C14H17F3N2O3. The fraction of sp³-hybridized carbons (Fsp3) is 0.429. The van der Waals surface area contributed by atoms with E-state index >= 15 is 0 Å². The molecule has 0 bridgehead atoms. The van der Waals surface area contributed by atoms with Gasteiger partial charge in [-0.1, -0.05) is 12.1 Å². The summed E-state index contributed by atoms with van der Waals surface area (Å²) in [6, 6.07) is 5.20. The maximum absolute atomic E-state index is 12.3. The average Bonchev–Trinajstić information content (AvgIpc) is 2.36. The topological polar surface area (TPSA) is 78.4 Å². The Kier molecular flexibility index (Phi) is 6.36. The van der Waals surface area contributed by atoms with E-state index in [1.807, 2.05) is 0 Å². The van der Waals surface area contributed by atoms with E-state index in [9.17, 15) is 22.8 Å². The molecule has 5 nitrogen and oxygen atoms in total. The van der Waals surface area contributed by atoms with Crippen LogP contribution >= 0.6 is 0 Å². The summed E-state index contributed by atoms with van der Waals surface area (Å²) >= 11 is 0. The van der Waals surface area contributed by atoms with E-state index in [1.165, 1.54) is 18.2 Å². The van der Waals surface area contributed by atoms with Crippen LogP contribution in [0.2, 0.25) is 0 Å². The van der Waals surface area contributed by atoms with Crippen LogP contribution in [-0.4, -0.2) is 35.7 Å². The lowest BCUT2D eigenvalue weighted by molar-refractivity contribution is -0.136. The zero-order valence-corrected chi connectivity index (χ0v) is 11.9. The standard InChI is InChI=1S/C14H17F3N2O3/c1-9(20)5-6-18-12(21)13(22)19-11-4-2-3-10(7-11)8-14(15,16)17/h2-4,7,9,20H,5-6,8H2,1H3,(H,18,21)(H,19,22). The van der Waals surface area contributed by atoms with Crippen LogP contribution in [0, 0.1) is 0 Å². The molecule has 2 amide bonds. The van der Waals surface area contributed by atoms with Crippen LogP contribution < -0.4 is 10.6 Å². The molecule has 0 spiro atoms. The summed E-state index contributed by atoms with van der Waals surface area (Å²) in [5, 5.41) is 13.5. The third-order valence-corrected chi connectivity index (χ3v) is 2.64. The molecule has 1 rings (SSSR count). The summed E-state index contributed by atoms with van der Waals surface area (Å²) in [7, 11) is 0. The summed E-state index contributed by atoms with van der Waals surface area (Å²) in [6.45, 7) is 1.66. The molecular weight excluding hydrogens is 301 g/mol. The predicted octanol–water partition coefficient (Wildman–Crippen LogP) is 1.62. The van der Waals surface area contributed by atoms with Gasteiger partial charge in [-0.05, 0) is 31.0 Å². The van der Waals surface area contributed by atoms with Gasteiger partial charge in [-0.3, -0.25) is 9.59 Å². The number of aliphatic hydroxyl groups excluding tert-OH is 1. The molecule has 0 radical (unpaired) electrons. The molecule has 0 aromatic heterocycles. The van der Waals surface area contributed by atoms with Crippen molar-refractivity contribution in [3.8, 4) is 0 Å². The van der Waals surface area contributed by atoms with Crippen molar-refractivity contribution < 1.29 is 27.9 Å². The summed E-state index contributed by atoms with van der Waals surface area (Å²) < 4.78 is 36.9. The highest BCUT2D eigenvalue weighted by Gasteiger charge is 2.27. The highest BCUT2D eigenvalue weighted by molar-refractivity contribution is 6.39. The maximum atomic E-state index is 12.3. The highest BCUT2D eigenvalue weighted by Crippen LogP contribution is 2.22. The fourth-order valence-corrected chi connectivity index (χ4v) is 1.65. The predicted molar refractivity (Wildman–Crippen MR) is 74.1 cm³/mol. The van der Waals surface area contributed by atoms with E-state index in [2.05, 4.69) is 10.6 Å². The van der Waals surface area contributed by atoms with E-state index in [0.717, 1.165) is 6.07 Å². The molecule has 0 heterocycles. The zero-order chi connectivity index (χ0) is 16.8. The van der Waals surface area contributed by atoms with Gasteiger partial charge in [-0.15, -0.1) is 0 Å². The number of alkyl halides is 3. The number of halogens is 3. The number of rotatable bonds is 5. The Bertz CT molecular complexity index is 530. The Hall–Kier alpha value is -2.09. The average molecular weight is 318 g/mol. The van der Waals surface area contributed by atoms with Gasteiger partial charge < -0.3 is 15.7 Å². The second-order valence-electron chi connectivity index (χ2n) is 4.84. The minimum absolute atomic E-state index is 0.0141. The number of aliphatic hydroxyl groups is 1. The Morgan fingerprint density at radius 3 is 2.55 bits per heavy atom. The molecule has 1 atom stereocenters. The number of nitrogens with one attached hydrogen (secondary N) is 2. The van der Waals surface area contributed by atoms with Gasteiger partial charge in [0.25, 0.3) is 0 Å². The van der Waals surface area contributed by atoms with Crippen molar-refractivity contribution in [2.45, 2.75) is 32.0 Å². The lowest BCUT2D eigenvalue weighted by Gasteiger charge is -2.10. The number of hydrogen-bond donors (Lipinski definition) is 3. The third-order valence-electron chi connectivity index (χ3n) is 2.64. The van der Waals surface area contributed by atoms with Crippen molar-refractivity contribution in [3.05, 3.63) is 29.8 Å². The normalized spacial score (nSPS) is 12.6. The molecule has 1 aromatic rings. The van der Waals surface area contributed by atoms with Crippen LogP contribution in [0.4, 0.5) is 18.9 Å². The molecule has 3 N–H and O–H groups in total. The summed E-state index contributed by atoms with van der Waals surface area (Å²) in [4.78, 5) is 23.0. The van der Waals surface area contributed by atoms with Crippen LogP contribution in [-0.2, 0) is 16.0 Å². The number of amides is 2. The lowest BCUT2D eigenvalue weighted by Crippen LogP contribution is -2.36. The van der Waals surface area contributed by atoms with E-state index in [4.69, 9.17) is 5.11 Å². The largest absolute Gasteiger partial charge is 0.393 e. The highest BCUT2D eigenvalue weighted by atomic mass is 19.4. The van der Waals surface area contributed by atoms with Gasteiger partial charge in [0.15, 0.2) is 0 Å². The van der Waals surface area contributed by atoms with Crippen molar-refractivity contribution in [2.75, 3.05) is 11.9 Å². The molecule has 0 saturated heterocycles. The Labute approximate surface area is 125 Å². The van der Waals surface area contributed by atoms with Crippen molar-refractivity contribution in [3.63, 3.8) is 0 Å². The second kappa shape index (κ2) is 7.79. The first-order valence-electron chi connectivity index (χ1n) is 6.60. The molecule has 22 heavy (non-hydrogen) atoms. The number of anilines is 1. The van der Waals surface area contributed by atoms with E-state index in [0.29, 0.717) is 6.42 Å². The van der Waals surface area contributed by atoms with Crippen molar-refractivity contribution in [1.82, 2.24) is 5.32 Å². The van der Waals surface area contributed by atoms with Gasteiger partial charge in [0.1, 0.15) is 0 Å². The van der Waals surface area contributed by atoms with Gasteiger partial charge in [-0.25, -0.2) is 0 Å². The van der Waals surface area contributed by atoms with Crippen LogP contribution in [0.15, 0.2) is 24.3 Å². The zero-order valence-electron chi connectivity index (χ0n) is 11.9. The smallest absolute Gasteiger partial charge is 0.393 e. The first kappa shape index (κ1) is 18.0. The van der Waals surface area contributed by atoms with Crippen LogP contribution in [0.25, 0.3) is 0 Å². The quantitative estimate of drug-likeness (QED) is 0.722. The van der Waals surface area contributed by atoms with Gasteiger partial charge in [0, 0.05) is 12.2 Å². The molecule has 0 aliphatic heterocycles. The number of carbonyl (C=O) groups excluding carboxylic acids is 2. The summed E-state index contributed by atoms with van der Waals surface area (Å²) in [6.07, 6.45) is -5.78. The number of carbonyl (C=O) groups is 2. The van der Waals surface area contributed by atoms with Crippen LogP contribution in [0.1, 0.15) is 18.9 Å². The first-order valence-corrected chi connectivity index (χ1v) is 6.60. The van der Waals surface area contributed by atoms with E-state index in [1.54, 1.807) is 6.92 Å². The van der Waals surface area contributed by atoms with Crippen molar-refractivity contribution in [2.24, 2.45) is 0 Å². The summed E-state index contributed by atoms with van der Waals surface area (Å²) in [5.41, 5.74) is 0.0947. The molecule has 0 aliphatic rings. The van der Waals surface area contributed by atoms with E-state index < -0.39 is 30.5 Å². The van der Waals surface area contributed by atoms with Gasteiger partial charge in [0.05, 0.1) is 12.5 Å². The third kappa shape index (κ3) is 7.07. The van der Waals surface area contributed by atoms with Gasteiger partial charge in [-0.2, -0.15) is 13.2 Å². The fourth-order valence-electron chi connectivity index (χ4n) is 1.65. The number of benzene rings is 1. The summed E-state index contributed by atoms with van der Waals surface area (Å²) in [5.74, 6) is -1.89. The first-order chi connectivity index (χ1) is 10.2. The van der Waals surface area contributed by atoms with E-state index in [-0.39, 0.29) is 17.8 Å². The Morgan fingerprint density at radius 2 is 1.95 bits per heavy atom. The monoisotopic (exact) mass is 318 g/mol. The Balaban J connectivity index is 2.57. The molecule has 0 saturated carbocycles. The van der Waals surface area contributed by atoms with Gasteiger partial charge >= 0.3 is 18.0 Å². The minimum atomic E-state index is -4.35. The van der Waals surface area contributed by atoms with Crippen LogP contribution in [0.5, 0.6) is 0 Å².